The molecule has 1 saturated heterocycles. The highest BCUT2D eigenvalue weighted by Gasteiger charge is 2.26. The van der Waals surface area contributed by atoms with Gasteiger partial charge in [0.2, 0.25) is 5.88 Å². The molecule has 0 spiro atoms. The zero-order chi connectivity index (χ0) is 29.8. The third kappa shape index (κ3) is 6.60. The molecule has 0 aliphatic carbocycles. The third-order valence-corrected chi connectivity index (χ3v) is 7.89. The molecule has 1 fully saturated rings. The minimum Gasteiger partial charge on any atom is -0.490 e. The third-order valence-electron chi connectivity index (χ3n) is 6.94. The van der Waals surface area contributed by atoms with Crippen LogP contribution in [-0.2, 0) is 0 Å². The van der Waals surface area contributed by atoms with Crippen molar-refractivity contribution in [2.24, 2.45) is 0 Å². The highest BCUT2D eigenvalue weighted by atomic mass is 32.1. The Bertz CT molecular complexity index is 1810. The number of aryl methyl sites for hydroxylation is 1. The minimum absolute atomic E-state index is 0.0198. The van der Waals surface area contributed by atoms with Crippen LogP contribution in [-0.4, -0.2) is 50.9 Å². The molecular weight excluding hydrogens is 564 g/mol. The van der Waals surface area contributed by atoms with Gasteiger partial charge in [-0.25, -0.2) is 9.97 Å². The maximum Gasteiger partial charge on any atom is 0.272 e. The van der Waals surface area contributed by atoms with Crippen molar-refractivity contribution in [3.63, 3.8) is 0 Å². The average Bonchev–Trinajstić information content (AvgIpc) is 3.42. The molecule has 1 N–H and O–H groups in total. The van der Waals surface area contributed by atoms with Crippen molar-refractivity contribution >= 4 is 39.1 Å². The largest absolute Gasteiger partial charge is 0.490 e. The van der Waals surface area contributed by atoms with Gasteiger partial charge in [0.15, 0.2) is 0 Å². The van der Waals surface area contributed by atoms with E-state index in [4.69, 9.17) is 14.7 Å². The van der Waals surface area contributed by atoms with Crippen LogP contribution in [0.5, 0.6) is 17.4 Å². The van der Waals surface area contributed by atoms with Crippen LogP contribution in [0.3, 0.4) is 0 Å². The fourth-order valence-electron chi connectivity index (χ4n) is 4.72. The van der Waals surface area contributed by atoms with Crippen molar-refractivity contribution in [1.29, 1.82) is 5.26 Å². The number of likely N-dealkylation sites (tertiary alicyclic amines) is 1. The van der Waals surface area contributed by atoms with Crippen LogP contribution in [0.25, 0.3) is 10.2 Å². The molecular formula is C32H26N6O4S. The van der Waals surface area contributed by atoms with Gasteiger partial charge in [0.25, 0.3) is 11.8 Å². The van der Waals surface area contributed by atoms with E-state index in [0.29, 0.717) is 54.4 Å². The second kappa shape index (κ2) is 12.3. The fourth-order valence-corrected chi connectivity index (χ4v) is 5.53. The number of piperidine rings is 1. The van der Waals surface area contributed by atoms with Crippen molar-refractivity contribution in [2.45, 2.75) is 25.9 Å². The second-order valence-corrected chi connectivity index (χ2v) is 11.2. The predicted molar refractivity (Wildman–Crippen MR) is 162 cm³/mol. The number of ether oxygens (including phenoxy) is 2. The summed E-state index contributed by atoms with van der Waals surface area (Å²) in [5.41, 5.74) is 2.55. The smallest absolute Gasteiger partial charge is 0.272 e. The molecule has 3 aromatic heterocycles. The number of carbonyl (C=O) groups excluding carboxylic acids is 2. The van der Waals surface area contributed by atoms with Crippen LogP contribution < -0.4 is 14.8 Å². The van der Waals surface area contributed by atoms with Gasteiger partial charge in [0, 0.05) is 44.3 Å². The number of anilines is 1. The van der Waals surface area contributed by atoms with Gasteiger partial charge >= 0.3 is 0 Å². The first-order valence-corrected chi connectivity index (χ1v) is 14.5. The molecule has 11 heteroatoms. The topological polar surface area (TPSA) is 130 Å². The predicted octanol–water partition coefficient (Wildman–Crippen LogP) is 5.99. The number of nitrogens with one attached hydrogen (secondary N) is 1. The molecule has 0 saturated carbocycles. The van der Waals surface area contributed by atoms with Gasteiger partial charge in [-0.05, 0) is 61.5 Å². The van der Waals surface area contributed by atoms with Gasteiger partial charge in [-0.3, -0.25) is 14.6 Å². The lowest BCUT2D eigenvalue weighted by Crippen LogP contribution is -2.42. The molecule has 4 heterocycles. The van der Waals surface area contributed by atoms with E-state index >= 15 is 0 Å². The molecule has 5 aromatic rings. The molecule has 0 radical (unpaired) electrons. The van der Waals surface area contributed by atoms with Crippen molar-refractivity contribution in [2.75, 3.05) is 18.4 Å². The molecule has 1 aliphatic rings. The first-order chi connectivity index (χ1) is 20.9. The number of pyridine rings is 2. The summed E-state index contributed by atoms with van der Waals surface area (Å²) < 4.78 is 13.0. The number of amides is 2. The Morgan fingerprint density at radius 2 is 1.77 bits per heavy atom. The van der Waals surface area contributed by atoms with E-state index in [9.17, 15) is 9.59 Å². The van der Waals surface area contributed by atoms with Crippen molar-refractivity contribution < 1.29 is 19.1 Å². The number of benzene rings is 2. The van der Waals surface area contributed by atoms with Gasteiger partial charge in [-0.1, -0.05) is 0 Å². The SMILES string of the molecule is Cc1nc2cc(OC3CCN(C(=O)c4ccc(C(=O)Nc5ccc(Oc6ccc(C#N)cc6)nc5)cn4)CC3)ccc2s1. The highest BCUT2D eigenvalue weighted by Crippen LogP contribution is 2.28. The van der Waals surface area contributed by atoms with Gasteiger partial charge < -0.3 is 19.7 Å². The zero-order valence-corrected chi connectivity index (χ0v) is 24.0. The minimum atomic E-state index is -0.377. The summed E-state index contributed by atoms with van der Waals surface area (Å²) in [7, 11) is 0. The Hall–Kier alpha value is -5.34. The Morgan fingerprint density at radius 1 is 0.977 bits per heavy atom. The zero-order valence-electron chi connectivity index (χ0n) is 23.2. The number of rotatable bonds is 7. The maximum atomic E-state index is 13.1. The summed E-state index contributed by atoms with van der Waals surface area (Å²) in [6, 6.07) is 21.1. The van der Waals surface area contributed by atoms with E-state index < -0.39 is 0 Å². The van der Waals surface area contributed by atoms with E-state index in [1.54, 1.807) is 64.8 Å². The number of fused-ring (bicyclic) bond motifs is 1. The molecule has 0 atom stereocenters. The quantitative estimate of drug-likeness (QED) is 0.244. The van der Waals surface area contributed by atoms with E-state index in [1.807, 2.05) is 25.1 Å². The van der Waals surface area contributed by atoms with Gasteiger partial charge in [-0.15, -0.1) is 11.3 Å². The number of thiazole rings is 1. The molecule has 214 valence electrons. The molecule has 2 aromatic carbocycles. The van der Waals surface area contributed by atoms with E-state index in [2.05, 4.69) is 26.3 Å². The van der Waals surface area contributed by atoms with Crippen LogP contribution in [0.2, 0.25) is 0 Å². The van der Waals surface area contributed by atoms with Crippen LogP contribution in [0.4, 0.5) is 5.69 Å². The lowest BCUT2D eigenvalue weighted by Gasteiger charge is -2.32. The van der Waals surface area contributed by atoms with Gasteiger partial charge in [0.1, 0.15) is 23.3 Å². The molecule has 10 nitrogen and oxygen atoms in total. The molecule has 1 aliphatic heterocycles. The monoisotopic (exact) mass is 590 g/mol. The van der Waals surface area contributed by atoms with Gasteiger partial charge in [-0.2, -0.15) is 5.26 Å². The second-order valence-electron chi connectivity index (χ2n) is 9.98. The summed E-state index contributed by atoms with van der Waals surface area (Å²) in [5.74, 6) is 1.13. The number of hydrogen-bond acceptors (Lipinski definition) is 9. The van der Waals surface area contributed by atoms with Gasteiger partial charge in [0.05, 0.1) is 44.3 Å². The Kier molecular flexibility index (Phi) is 7.93. The summed E-state index contributed by atoms with van der Waals surface area (Å²) in [5, 5.41) is 12.7. The highest BCUT2D eigenvalue weighted by molar-refractivity contribution is 7.18. The van der Waals surface area contributed by atoms with Crippen molar-refractivity contribution in [3.8, 4) is 23.4 Å². The Balaban J connectivity index is 0.990. The number of nitriles is 1. The fraction of sp³-hybridized carbons (Fsp3) is 0.188. The molecule has 2 amide bonds. The van der Waals surface area contributed by atoms with Crippen molar-refractivity contribution in [3.05, 3.63) is 101 Å². The van der Waals surface area contributed by atoms with Crippen LogP contribution >= 0.6 is 11.3 Å². The normalized spacial score (nSPS) is 13.3. The number of nitrogens with zero attached hydrogens (tertiary/aromatic N) is 5. The van der Waals surface area contributed by atoms with E-state index in [0.717, 1.165) is 21.0 Å². The number of carbonyl (C=O) groups is 2. The number of hydrogen-bond donors (Lipinski definition) is 1. The average molecular weight is 591 g/mol. The molecule has 0 bridgehead atoms. The van der Waals surface area contributed by atoms with E-state index in [1.165, 1.54) is 12.4 Å². The summed E-state index contributed by atoms with van der Waals surface area (Å²) in [6.07, 6.45) is 4.32. The lowest BCUT2D eigenvalue weighted by molar-refractivity contribution is 0.0590. The van der Waals surface area contributed by atoms with Crippen LogP contribution in [0.15, 0.2) is 79.1 Å². The van der Waals surface area contributed by atoms with E-state index in [-0.39, 0.29) is 23.6 Å². The number of aromatic nitrogens is 3. The molecule has 0 unspecified atom stereocenters. The van der Waals surface area contributed by atoms with Crippen LogP contribution in [0, 0.1) is 18.3 Å². The van der Waals surface area contributed by atoms with Crippen molar-refractivity contribution in [1.82, 2.24) is 19.9 Å². The first kappa shape index (κ1) is 27.8. The maximum absolute atomic E-state index is 13.1. The molecule has 43 heavy (non-hydrogen) atoms. The lowest BCUT2D eigenvalue weighted by atomic mass is 10.1. The Morgan fingerprint density at radius 3 is 2.47 bits per heavy atom. The molecule has 6 rings (SSSR count). The standard InChI is InChI=1S/C32H26N6O4S/c1-20-36-28-16-26(8-10-29(28)43-20)41-25-12-14-38(15-13-25)32(40)27-9-4-22(18-34-27)31(39)37-23-5-11-30(35-19-23)42-24-6-2-21(17-33)3-7-24/h2-11,16,18-19,25H,12-15H2,1H3,(H,37,39). The summed E-state index contributed by atoms with van der Waals surface area (Å²) in [6.45, 7) is 3.11. The summed E-state index contributed by atoms with van der Waals surface area (Å²) in [4.78, 5) is 40.6. The van der Waals surface area contributed by atoms with Crippen LogP contribution in [0.1, 0.15) is 44.3 Å². The first-order valence-electron chi connectivity index (χ1n) is 13.7. The Labute approximate surface area is 251 Å². The summed E-state index contributed by atoms with van der Waals surface area (Å²) >= 11 is 1.66.